The second-order valence-electron chi connectivity index (χ2n) is 6.87. The highest BCUT2D eigenvalue weighted by atomic mass is 19.4. The van der Waals surface area contributed by atoms with Gasteiger partial charge in [0.2, 0.25) is 5.91 Å². The van der Waals surface area contributed by atoms with Crippen LogP contribution in [-0.4, -0.2) is 47.9 Å². The van der Waals surface area contributed by atoms with Crippen molar-refractivity contribution in [3.8, 4) is 0 Å². The van der Waals surface area contributed by atoms with Crippen molar-refractivity contribution in [1.29, 1.82) is 0 Å². The number of likely N-dealkylation sites (tertiary alicyclic amines) is 1. The number of pyridine rings is 1. The minimum absolute atomic E-state index is 0.0458. The summed E-state index contributed by atoms with van der Waals surface area (Å²) in [5.74, 6) is -3.19. The van der Waals surface area contributed by atoms with Gasteiger partial charge in [-0.3, -0.25) is 4.79 Å². The first kappa shape index (κ1) is 18.8. The fourth-order valence-corrected chi connectivity index (χ4v) is 3.47. The Morgan fingerprint density at radius 2 is 1.85 bits per heavy atom. The van der Waals surface area contributed by atoms with Crippen LogP contribution in [0.25, 0.3) is 0 Å². The maximum Gasteiger partial charge on any atom is 0.433 e. The molecular weight excluding hydrogens is 357 g/mol. The van der Waals surface area contributed by atoms with Crippen LogP contribution in [0.4, 0.5) is 27.6 Å². The monoisotopic (exact) mass is 377 g/mol. The van der Waals surface area contributed by atoms with Crippen molar-refractivity contribution in [2.75, 3.05) is 31.1 Å². The van der Waals surface area contributed by atoms with Gasteiger partial charge in [-0.1, -0.05) is 0 Å². The fourth-order valence-electron chi connectivity index (χ4n) is 3.47. The normalized spacial score (nSPS) is 23.8. The quantitative estimate of drug-likeness (QED) is 0.740. The third-order valence-corrected chi connectivity index (χ3v) is 4.98. The van der Waals surface area contributed by atoms with Gasteiger partial charge in [-0.15, -0.1) is 0 Å². The molecule has 144 valence electrons. The molecule has 1 aromatic rings. The lowest BCUT2D eigenvalue weighted by molar-refractivity contribution is -0.142. The van der Waals surface area contributed by atoms with Crippen LogP contribution in [0.2, 0.25) is 0 Å². The highest BCUT2D eigenvalue weighted by Crippen LogP contribution is 2.31. The Kier molecular flexibility index (Phi) is 5.07. The lowest BCUT2D eigenvalue weighted by Gasteiger charge is -2.38. The van der Waals surface area contributed by atoms with Gasteiger partial charge in [0.25, 0.3) is 5.92 Å². The maximum absolute atomic E-state index is 13.3. The number of rotatable bonds is 2. The molecule has 0 aromatic carbocycles. The molecule has 0 bridgehead atoms. The molecule has 3 heterocycles. The average molecular weight is 377 g/mol. The number of carbonyl (C=O) groups is 1. The highest BCUT2D eigenvalue weighted by molar-refractivity contribution is 5.80. The molecule has 4 nitrogen and oxygen atoms in total. The van der Waals surface area contributed by atoms with Gasteiger partial charge >= 0.3 is 6.18 Å². The Morgan fingerprint density at radius 3 is 2.42 bits per heavy atom. The summed E-state index contributed by atoms with van der Waals surface area (Å²) in [6.07, 6.45) is -2.61. The summed E-state index contributed by atoms with van der Waals surface area (Å²) in [7, 11) is 0. The summed E-state index contributed by atoms with van der Waals surface area (Å²) >= 11 is 0. The van der Waals surface area contributed by atoms with Gasteiger partial charge in [0.05, 0.1) is 17.8 Å². The average Bonchev–Trinajstić information content (AvgIpc) is 2.61. The number of amides is 1. The zero-order valence-corrected chi connectivity index (χ0v) is 14.1. The van der Waals surface area contributed by atoms with Crippen molar-refractivity contribution in [2.45, 2.75) is 37.8 Å². The smallest absolute Gasteiger partial charge is 0.369 e. The van der Waals surface area contributed by atoms with Gasteiger partial charge in [-0.25, -0.2) is 13.8 Å². The van der Waals surface area contributed by atoms with E-state index in [1.54, 1.807) is 0 Å². The van der Waals surface area contributed by atoms with Crippen molar-refractivity contribution < 1.29 is 26.7 Å². The van der Waals surface area contributed by atoms with E-state index in [0.717, 1.165) is 12.3 Å². The van der Waals surface area contributed by atoms with Gasteiger partial charge < -0.3 is 9.80 Å². The van der Waals surface area contributed by atoms with Crippen LogP contribution in [-0.2, 0) is 11.0 Å². The molecule has 0 radical (unpaired) electrons. The molecular formula is C17H20F5N3O. The molecule has 2 aliphatic heterocycles. The van der Waals surface area contributed by atoms with Gasteiger partial charge in [-0.2, -0.15) is 13.2 Å². The summed E-state index contributed by atoms with van der Waals surface area (Å²) in [5.41, 5.74) is -0.430. The molecule has 2 fully saturated rings. The van der Waals surface area contributed by atoms with E-state index >= 15 is 0 Å². The first-order valence-electron chi connectivity index (χ1n) is 8.60. The number of carbonyl (C=O) groups excluding carboxylic acids is 1. The molecule has 0 aliphatic carbocycles. The lowest BCUT2D eigenvalue weighted by Crippen LogP contribution is -2.49. The molecule has 2 saturated heterocycles. The molecule has 9 heteroatoms. The van der Waals surface area contributed by atoms with Gasteiger partial charge in [0.15, 0.2) is 0 Å². The van der Waals surface area contributed by atoms with Crippen LogP contribution < -0.4 is 4.90 Å². The topological polar surface area (TPSA) is 36.4 Å². The van der Waals surface area contributed by atoms with Crippen molar-refractivity contribution in [1.82, 2.24) is 9.88 Å². The number of alkyl halides is 5. The summed E-state index contributed by atoms with van der Waals surface area (Å²) in [6, 6.07) is 2.28. The fraction of sp³-hybridized carbons (Fsp3) is 0.647. The number of aromatic nitrogens is 1. The predicted octanol–water partition coefficient (Wildman–Crippen LogP) is 3.57. The predicted molar refractivity (Wildman–Crippen MR) is 84.9 cm³/mol. The third kappa shape index (κ3) is 4.24. The molecule has 0 N–H and O–H groups in total. The van der Waals surface area contributed by atoms with Gasteiger partial charge in [0, 0.05) is 39.0 Å². The largest absolute Gasteiger partial charge is 0.433 e. The first-order chi connectivity index (χ1) is 12.2. The Bertz CT molecular complexity index is 637. The minimum Gasteiger partial charge on any atom is -0.369 e. The maximum atomic E-state index is 13.3. The molecule has 2 aliphatic rings. The van der Waals surface area contributed by atoms with Crippen LogP contribution in [0, 0.1) is 5.92 Å². The van der Waals surface area contributed by atoms with Gasteiger partial charge in [-0.05, 0) is 25.0 Å². The van der Waals surface area contributed by atoms with E-state index in [0.29, 0.717) is 31.6 Å². The number of halogens is 5. The zero-order chi connectivity index (χ0) is 18.9. The Morgan fingerprint density at radius 1 is 1.15 bits per heavy atom. The summed E-state index contributed by atoms with van der Waals surface area (Å²) in [5, 5.41) is 0. The molecule has 1 atom stereocenters. The first-order valence-corrected chi connectivity index (χ1v) is 8.60. The van der Waals surface area contributed by atoms with Crippen LogP contribution in [0.3, 0.4) is 0 Å². The Hall–Kier alpha value is -1.93. The molecule has 26 heavy (non-hydrogen) atoms. The zero-order valence-electron chi connectivity index (χ0n) is 14.1. The summed E-state index contributed by atoms with van der Waals surface area (Å²) < 4.78 is 64.3. The van der Waals surface area contributed by atoms with E-state index in [-0.39, 0.29) is 37.8 Å². The van der Waals surface area contributed by atoms with Crippen molar-refractivity contribution in [3.05, 3.63) is 24.0 Å². The third-order valence-electron chi connectivity index (χ3n) is 4.98. The van der Waals surface area contributed by atoms with E-state index in [9.17, 15) is 26.7 Å². The second-order valence-corrected chi connectivity index (χ2v) is 6.87. The number of hydrogen-bond acceptors (Lipinski definition) is 3. The minimum atomic E-state index is -4.49. The SMILES string of the molecule is O=C(C1CCCN(c2ccc(C(F)(F)F)nc2)C1)N1CCC(F)(F)CC1. The summed E-state index contributed by atoms with van der Waals surface area (Å²) in [4.78, 5) is 19.4. The summed E-state index contributed by atoms with van der Waals surface area (Å²) in [6.45, 7) is 1.07. The van der Waals surface area contributed by atoms with Crippen molar-refractivity contribution in [2.24, 2.45) is 5.92 Å². The number of nitrogens with zero attached hydrogens (tertiary/aromatic N) is 3. The van der Waals surface area contributed by atoms with E-state index in [2.05, 4.69) is 4.98 Å². The standard InChI is InChI=1S/C17H20F5N3O/c18-16(19)5-8-24(9-6-16)15(26)12-2-1-7-25(11-12)13-3-4-14(23-10-13)17(20,21)22/h3-4,10,12H,1-2,5-9,11H2. The lowest BCUT2D eigenvalue weighted by atomic mass is 9.94. The molecule has 0 spiro atoms. The number of piperidine rings is 2. The molecule has 1 amide bonds. The van der Waals surface area contributed by atoms with E-state index in [4.69, 9.17) is 0 Å². The van der Waals surface area contributed by atoms with Gasteiger partial charge in [0.1, 0.15) is 5.69 Å². The molecule has 1 aromatic heterocycles. The van der Waals surface area contributed by atoms with Crippen molar-refractivity contribution in [3.63, 3.8) is 0 Å². The number of hydrogen-bond donors (Lipinski definition) is 0. The van der Waals surface area contributed by atoms with Crippen LogP contribution in [0.5, 0.6) is 0 Å². The van der Waals surface area contributed by atoms with Crippen LogP contribution in [0.15, 0.2) is 18.3 Å². The van der Waals surface area contributed by atoms with E-state index in [1.165, 1.54) is 11.0 Å². The van der Waals surface area contributed by atoms with E-state index in [1.807, 2.05) is 4.90 Å². The Balaban J connectivity index is 1.63. The molecule has 3 rings (SSSR count). The van der Waals surface area contributed by atoms with Crippen LogP contribution >= 0.6 is 0 Å². The number of anilines is 1. The van der Waals surface area contributed by atoms with E-state index < -0.39 is 17.8 Å². The Labute approximate surface area is 148 Å². The highest BCUT2D eigenvalue weighted by Gasteiger charge is 2.38. The van der Waals surface area contributed by atoms with Crippen molar-refractivity contribution >= 4 is 11.6 Å². The van der Waals surface area contributed by atoms with Crippen LogP contribution in [0.1, 0.15) is 31.4 Å². The molecule has 1 unspecified atom stereocenters. The molecule has 0 saturated carbocycles. The second kappa shape index (κ2) is 7.00.